The maximum atomic E-state index is 13.0. The first-order valence-corrected chi connectivity index (χ1v) is 12.4. The molecular formula is C26H25Cl2N5O2. The number of carbonyl (C=O) groups excluding carboxylic acids is 2. The van der Waals surface area contributed by atoms with Crippen LogP contribution in [0.1, 0.15) is 23.2 Å². The molecule has 1 saturated carbocycles. The zero-order valence-corrected chi connectivity index (χ0v) is 20.6. The van der Waals surface area contributed by atoms with Crippen LogP contribution in [0.4, 0.5) is 5.82 Å². The van der Waals surface area contributed by atoms with E-state index in [-0.39, 0.29) is 24.4 Å². The van der Waals surface area contributed by atoms with Gasteiger partial charge in [-0.05, 0) is 55.3 Å². The third-order valence-electron chi connectivity index (χ3n) is 6.39. The van der Waals surface area contributed by atoms with Crippen molar-refractivity contribution < 1.29 is 9.59 Å². The van der Waals surface area contributed by atoms with E-state index in [0.717, 1.165) is 24.2 Å². The maximum absolute atomic E-state index is 13.0. The summed E-state index contributed by atoms with van der Waals surface area (Å²) in [6, 6.07) is 18.4. The molecule has 35 heavy (non-hydrogen) atoms. The number of aromatic nitrogens is 2. The van der Waals surface area contributed by atoms with Crippen LogP contribution in [0.25, 0.3) is 11.3 Å². The van der Waals surface area contributed by atoms with Crippen LogP contribution in [0.3, 0.4) is 0 Å². The fourth-order valence-electron chi connectivity index (χ4n) is 4.26. The topological polar surface area (TPSA) is 69.6 Å². The summed E-state index contributed by atoms with van der Waals surface area (Å²) in [4.78, 5) is 31.7. The highest BCUT2D eigenvalue weighted by Crippen LogP contribution is 2.30. The Hall–Kier alpha value is -3.16. The number of hydrogen-bond acceptors (Lipinski definition) is 5. The molecule has 7 nitrogen and oxygen atoms in total. The average molecular weight is 510 g/mol. The van der Waals surface area contributed by atoms with Crippen LogP contribution in [-0.4, -0.2) is 70.6 Å². The number of hydrogen-bond donors (Lipinski definition) is 0. The van der Waals surface area contributed by atoms with Crippen molar-refractivity contribution in [3.05, 3.63) is 76.3 Å². The molecule has 5 rings (SSSR count). The lowest BCUT2D eigenvalue weighted by atomic mass is 10.1. The Morgan fingerprint density at radius 1 is 0.914 bits per heavy atom. The number of carbonyl (C=O) groups is 2. The largest absolute Gasteiger partial charge is 0.352 e. The molecule has 0 radical (unpaired) electrons. The molecule has 2 aromatic carbocycles. The number of amides is 2. The highest BCUT2D eigenvalue weighted by molar-refractivity contribution is 6.36. The monoisotopic (exact) mass is 509 g/mol. The van der Waals surface area contributed by atoms with Gasteiger partial charge in [0.15, 0.2) is 5.82 Å². The Kier molecular flexibility index (Phi) is 6.88. The third-order valence-corrected chi connectivity index (χ3v) is 6.94. The van der Waals surface area contributed by atoms with E-state index in [4.69, 9.17) is 23.2 Å². The van der Waals surface area contributed by atoms with Crippen molar-refractivity contribution in [3.8, 4) is 11.3 Å². The van der Waals surface area contributed by atoms with Crippen molar-refractivity contribution in [1.29, 1.82) is 0 Å². The Balaban J connectivity index is 1.18. The van der Waals surface area contributed by atoms with Gasteiger partial charge in [-0.15, -0.1) is 10.2 Å². The molecule has 2 heterocycles. The second-order valence-electron chi connectivity index (χ2n) is 8.80. The molecule has 0 atom stereocenters. The number of rotatable bonds is 6. The minimum atomic E-state index is -0.0729. The molecule has 3 aromatic rings. The SMILES string of the molecule is O=C(CN(C(=O)c1ccccc1)C1CC1)N1CCN(c2ccc(-c3ccc(Cl)cc3Cl)nn2)CC1. The molecular weight excluding hydrogens is 485 g/mol. The maximum Gasteiger partial charge on any atom is 0.254 e. The van der Waals surface area contributed by atoms with Gasteiger partial charge in [0.05, 0.1) is 10.7 Å². The average Bonchev–Trinajstić information content (AvgIpc) is 3.73. The van der Waals surface area contributed by atoms with E-state index in [0.29, 0.717) is 47.5 Å². The summed E-state index contributed by atoms with van der Waals surface area (Å²) in [6.45, 7) is 2.57. The van der Waals surface area contributed by atoms with Crippen molar-refractivity contribution in [1.82, 2.24) is 20.0 Å². The molecule has 9 heteroatoms. The number of halogens is 2. The van der Waals surface area contributed by atoms with Crippen molar-refractivity contribution in [2.45, 2.75) is 18.9 Å². The highest BCUT2D eigenvalue weighted by atomic mass is 35.5. The molecule has 1 aromatic heterocycles. The van der Waals surface area contributed by atoms with Crippen molar-refractivity contribution >= 4 is 40.8 Å². The molecule has 0 spiro atoms. The highest BCUT2D eigenvalue weighted by Gasteiger charge is 2.35. The molecule has 1 aliphatic heterocycles. The summed E-state index contributed by atoms with van der Waals surface area (Å²) >= 11 is 12.3. The van der Waals surface area contributed by atoms with Crippen LogP contribution in [-0.2, 0) is 4.79 Å². The molecule has 1 aliphatic carbocycles. The lowest BCUT2D eigenvalue weighted by Crippen LogP contribution is -2.52. The molecule has 0 unspecified atom stereocenters. The first kappa shape index (κ1) is 23.6. The summed E-state index contributed by atoms with van der Waals surface area (Å²) in [6.07, 6.45) is 1.91. The summed E-state index contributed by atoms with van der Waals surface area (Å²) in [5.74, 6) is 0.667. The van der Waals surface area contributed by atoms with Gasteiger partial charge in [0.2, 0.25) is 5.91 Å². The van der Waals surface area contributed by atoms with Gasteiger partial charge in [-0.3, -0.25) is 9.59 Å². The molecule has 2 aliphatic rings. The Morgan fingerprint density at radius 3 is 2.29 bits per heavy atom. The van der Waals surface area contributed by atoms with Crippen LogP contribution >= 0.6 is 23.2 Å². The van der Waals surface area contributed by atoms with Crippen LogP contribution in [0, 0.1) is 0 Å². The standard InChI is InChI=1S/C26H25Cl2N5O2/c27-19-6-9-21(22(28)16-19)23-10-11-24(30-29-23)31-12-14-32(15-13-31)25(34)17-33(20-7-8-20)26(35)18-4-2-1-3-5-18/h1-6,9-11,16,20H,7-8,12-15,17H2. The van der Waals surface area contributed by atoms with E-state index in [2.05, 4.69) is 15.1 Å². The zero-order valence-electron chi connectivity index (χ0n) is 19.1. The van der Waals surface area contributed by atoms with Crippen LogP contribution in [0.5, 0.6) is 0 Å². The minimum absolute atomic E-state index is 0.0142. The van der Waals surface area contributed by atoms with Crippen molar-refractivity contribution in [3.63, 3.8) is 0 Å². The summed E-state index contributed by atoms with van der Waals surface area (Å²) in [5, 5.41) is 9.81. The van der Waals surface area contributed by atoms with Crippen LogP contribution < -0.4 is 4.90 Å². The van der Waals surface area contributed by atoms with Gasteiger partial charge in [-0.2, -0.15) is 0 Å². The predicted octanol–water partition coefficient (Wildman–Crippen LogP) is 4.40. The lowest BCUT2D eigenvalue weighted by Gasteiger charge is -2.36. The van der Waals surface area contributed by atoms with E-state index < -0.39 is 0 Å². The molecule has 2 amide bonds. The Bertz CT molecular complexity index is 1210. The number of anilines is 1. The van der Waals surface area contributed by atoms with Crippen LogP contribution in [0.15, 0.2) is 60.7 Å². The van der Waals surface area contributed by atoms with E-state index in [1.54, 1.807) is 29.2 Å². The van der Waals surface area contributed by atoms with Crippen molar-refractivity contribution in [2.75, 3.05) is 37.6 Å². The first-order chi connectivity index (χ1) is 17.0. The lowest BCUT2D eigenvalue weighted by molar-refractivity contribution is -0.132. The summed E-state index contributed by atoms with van der Waals surface area (Å²) in [7, 11) is 0. The van der Waals surface area contributed by atoms with Gasteiger partial charge in [-0.25, -0.2) is 0 Å². The quantitative estimate of drug-likeness (QED) is 0.492. The number of piperazine rings is 1. The summed E-state index contributed by atoms with van der Waals surface area (Å²) in [5.41, 5.74) is 2.07. The van der Waals surface area contributed by atoms with Gasteiger partial charge in [0.1, 0.15) is 6.54 Å². The zero-order chi connectivity index (χ0) is 24.4. The Labute approximate surface area is 214 Å². The van der Waals surface area contributed by atoms with E-state index in [1.807, 2.05) is 41.3 Å². The van der Waals surface area contributed by atoms with Crippen LogP contribution in [0.2, 0.25) is 10.0 Å². The predicted molar refractivity (Wildman–Crippen MR) is 137 cm³/mol. The van der Waals surface area contributed by atoms with E-state index in [9.17, 15) is 9.59 Å². The molecule has 0 N–H and O–H groups in total. The van der Waals surface area contributed by atoms with Gasteiger partial charge >= 0.3 is 0 Å². The normalized spacial score (nSPS) is 15.7. The van der Waals surface area contributed by atoms with E-state index in [1.165, 1.54) is 0 Å². The number of nitrogens with zero attached hydrogens (tertiary/aromatic N) is 5. The second-order valence-corrected chi connectivity index (χ2v) is 9.64. The van der Waals surface area contributed by atoms with Gasteiger partial charge in [-0.1, -0.05) is 41.4 Å². The van der Waals surface area contributed by atoms with Gasteiger partial charge in [0, 0.05) is 48.4 Å². The molecule has 0 bridgehead atoms. The molecule has 1 saturated heterocycles. The molecule has 180 valence electrons. The Morgan fingerprint density at radius 2 is 1.66 bits per heavy atom. The fraction of sp³-hybridized carbons (Fsp3) is 0.308. The van der Waals surface area contributed by atoms with Gasteiger partial charge in [0.25, 0.3) is 5.91 Å². The second kappa shape index (κ2) is 10.2. The molecule has 2 fully saturated rings. The van der Waals surface area contributed by atoms with Gasteiger partial charge < -0.3 is 14.7 Å². The van der Waals surface area contributed by atoms with E-state index >= 15 is 0 Å². The number of benzene rings is 2. The fourth-order valence-corrected chi connectivity index (χ4v) is 4.77. The first-order valence-electron chi connectivity index (χ1n) is 11.7. The third kappa shape index (κ3) is 5.41. The van der Waals surface area contributed by atoms with Crippen molar-refractivity contribution in [2.24, 2.45) is 0 Å². The summed E-state index contributed by atoms with van der Waals surface area (Å²) < 4.78 is 0. The minimum Gasteiger partial charge on any atom is -0.352 e. The smallest absolute Gasteiger partial charge is 0.254 e.